The average Bonchev–Trinajstić information content (AvgIpc) is 3.14. The van der Waals surface area contributed by atoms with Crippen LogP contribution in [0.3, 0.4) is 0 Å². The second kappa shape index (κ2) is 8.12. The first-order valence-electron chi connectivity index (χ1n) is 8.80. The number of carboxylic acids is 1. The molecule has 142 valence electrons. The highest BCUT2D eigenvalue weighted by Crippen LogP contribution is 2.35. The third-order valence-electron chi connectivity index (χ3n) is 5.04. The molecule has 3 rings (SSSR count). The summed E-state index contributed by atoms with van der Waals surface area (Å²) < 4.78 is 10.7. The molecule has 2 aromatic rings. The number of para-hydroxylation sites is 1. The molecule has 2 atom stereocenters. The van der Waals surface area contributed by atoms with Gasteiger partial charge in [0.05, 0.1) is 26.6 Å². The summed E-state index contributed by atoms with van der Waals surface area (Å²) in [5, 5.41) is 9.61. The van der Waals surface area contributed by atoms with Crippen molar-refractivity contribution in [1.29, 1.82) is 0 Å². The van der Waals surface area contributed by atoms with Gasteiger partial charge in [0, 0.05) is 24.6 Å². The molecule has 2 aromatic carbocycles. The standard InChI is InChI=1S/C21H23NO5/c1-26-18-10-6-9-15(20(18)27-2)11-19(23)22-12-16(17(13-22)21(24)25)14-7-4-3-5-8-14/h3-10,16-17H,11-13H2,1-2H3,(H,24,25)/t16-,17+/m1/s1. The molecule has 0 saturated carbocycles. The van der Waals surface area contributed by atoms with Crippen molar-refractivity contribution in [2.24, 2.45) is 5.92 Å². The maximum absolute atomic E-state index is 12.9. The van der Waals surface area contributed by atoms with Gasteiger partial charge in [-0.2, -0.15) is 0 Å². The third kappa shape index (κ3) is 3.89. The zero-order chi connectivity index (χ0) is 19.4. The Labute approximate surface area is 158 Å². The van der Waals surface area contributed by atoms with E-state index in [0.29, 0.717) is 18.0 Å². The van der Waals surface area contributed by atoms with E-state index in [0.717, 1.165) is 11.1 Å². The largest absolute Gasteiger partial charge is 0.493 e. The van der Waals surface area contributed by atoms with Crippen LogP contribution < -0.4 is 9.47 Å². The average molecular weight is 369 g/mol. The Balaban J connectivity index is 1.79. The van der Waals surface area contributed by atoms with Gasteiger partial charge in [-0.25, -0.2) is 0 Å². The van der Waals surface area contributed by atoms with Crippen molar-refractivity contribution in [3.05, 3.63) is 59.7 Å². The Hall–Kier alpha value is -3.02. The molecule has 1 N–H and O–H groups in total. The zero-order valence-corrected chi connectivity index (χ0v) is 15.4. The highest BCUT2D eigenvalue weighted by molar-refractivity contribution is 5.82. The van der Waals surface area contributed by atoms with E-state index in [1.54, 1.807) is 24.1 Å². The SMILES string of the molecule is COc1cccc(CC(=O)N2C[C@H](C(=O)O)[C@@H](c3ccccc3)C2)c1OC. The maximum Gasteiger partial charge on any atom is 0.308 e. The quantitative estimate of drug-likeness (QED) is 0.847. The molecule has 0 unspecified atom stereocenters. The normalized spacial score (nSPS) is 19.0. The minimum atomic E-state index is -0.877. The minimum Gasteiger partial charge on any atom is -0.493 e. The number of benzene rings is 2. The summed E-state index contributed by atoms with van der Waals surface area (Å²) in [4.78, 5) is 26.2. The number of hydrogen-bond acceptors (Lipinski definition) is 4. The van der Waals surface area contributed by atoms with Crippen LogP contribution in [0.15, 0.2) is 48.5 Å². The zero-order valence-electron chi connectivity index (χ0n) is 15.4. The van der Waals surface area contributed by atoms with E-state index >= 15 is 0 Å². The molecule has 0 aliphatic carbocycles. The monoisotopic (exact) mass is 369 g/mol. The van der Waals surface area contributed by atoms with Gasteiger partial charge >= 0.3 is 5.97 Å². The van der Waals surface area contributed by atoms with Gasteiger partial charge in [0.25, 0.3) is 0 Å². The van der Waals surface area contributed by atoms with Crippen LogP contribution >= 0.6 is 0 Å². The summed E-state index contributed by atoms with van der Waals surface area (Å²) in [6, 6.07) is 14.9. The number of aliphatic carboxylic acids is 1. The number of nitrogens with zero attached hydrogens (tertiary/aromatic N) is 1. The molecule has 6 nitrogen and oxygen atoms in total. The fourth-order valence-corrected chi connectivity index (χ4v) is 3.66. The first-order valence-corrected chi connectivity index (χ1v) is 8.80. The number of rotatable bonds is 6. The van der Waals surface area contributed by atoms with E-state index < -0.39 is 11.9 Å². The summed E-state index contributed by atoms with van der Waals surface area (Å²) in [6.07, 6.45) is 0.133. The molecule has 1 saturated heterocycles. The van der Waals surface area contributed by atoms with Gasteiger partial charge in [0.2, 0.25) is 5.91 Å². The van der Waals surface area contributed by atoms with Gasteiger partial charge in [-0.3, -0.25) is 9.59 Å². The molecule has 1 aliphatic heterocycles. The molecule has 0 bridgehead atoms. The van der Waals surface area contributed by atoms with E-state index in [9.17, 15) is 14.7 Å². The fraction of sp³-hybridized carbons (Fsp3) is 0.333. The lowest BCUT2D eigenvalue weighted by atomic mass is 9.89. The number of likely N-dealkylation sites (tertiary alicyclic amines) is 1. The van der Waals surface area contributed by atoms with Crippen LogP contribution in [0, 0.1) is 5.92 Å². The van der Waals surface area contributed by atoms with Crippen LogP contribution in [0.5, 0.6) is 11.5 Å². The van der Waals surface area contributed by atoms with Crippen LogP contribution in [0.4, 0.5) is 0 Å². The van der Waals surface area contributed by atoms with Gasteiger partial charge in [-0.1, -0.05) is 42.5 Å². The molecule has 1 fully saturated rings. The highest BCUT2D eigenvalue weighted by atomic mass is 16.5. The van der Waals surface area contributed by atoms with E-state index in [1.165, 1.54) is 7.11 Å². The molecule has 0 aromatic heterocycles. The third-order valence-corrected chi connectivity index (χ3v) is 5.04. The van der Waals surface area contributed by atoms with Crippen molar-refractivity contribution < 1.29 is 24.2 Å². The molecule has 1 aliphatic rings. The predicted octanol–water partition coefficient (Wildman–Crippen LogP) is 2.57. The summed E-state index contributed by atoms with van der Waals surface area (Å²) in [7, 11) is 3.08. The van der Waals surface area contributed by atoms with Gasteiger partial charge in [0.15, 0.2) is 11.5 Å². The summed E-state index contributed by atoms with van der Waals surface area (Å²) >= 11 is 0. The molecule has 1 heterocycles. The Bertz CT molecular complexity index is 821. The Morgan fingerprint density at radius 3 is 2.41 bits per heavy atom. The summed E-state index contributed by atoms with van der Waals surface area (Å²) in [5.74, 6) is -0.718. The number of carbonyl (C=O) groups excluding carboxylic acids is 1. The van der Waals surface area contributed by atoms with Crippen LogP contribution in [-0.4, -0.2) is 49.2 Å². The van der Waals surface area contributed by atoms with Crippen molar-refractivity contribution in [1.82, 2.24) is 4.90 Å². The molecule has 1 amide bonds. The van der Waals surface area contributed by atoms with Crippen molar-refractivity contribution >= 4 is 11.9 Å². The lowest BCUT2D eigenvalue weighted by Crippen LogP contribution is -2.31. The Morgan fingerprint density at radius 2 is 1.78 bits per heavy atom. The molecule has 27 heavy (non-hydrogen) atoms. The molecular formula is C21H23NO5. The number of ether oxygens (including phenoxy) is 2. The first-order chi connectivity index (χ1) is 13.0. The summed E-state index contributed by atoms with van der Waals surface area (Å²) in [5.41, 5.74) is 1.66. The fourth-order valence-electron chi connectivity index (χ4n) is 3.66. The molecular weight excluding hydrogens is 346 g/mol. The molecule has 0 spiro atoms. The molecule has 6 heteroatoms. The highest BCUT2D eigenvalue weighted by Gasteiger charge is 2.40. The number of amides is 1. The Kier molecular flexibility index (Phi) is 5.64. The second-order valence-electron chi connectivity index (χ2n) is 6.59. The lowest BCUT2D eigenvalue weighted by molar-refractivity contribution is -0.141. The first kappa shape index (κ1) is 18.8. The number of methoxy groups -OCH3 is 2. The van der Waals surface area contributed by atoms with Gasteiger partial charge in [0.1, 0.15) is 0 Å². The minimum absolute atomic E-state index is 0.119. The van der Waals surface area contributed by atoms with Gasteiger partial charge < -0.3 is 19.5 Å². The topological polar surface area (TPSA) is 76.1 Å². The van der Waals surface area contributed by atoms with E-state index in [2.05, 4.69) is 0 Å². The van der Waals surface area contributed by atoms with Crippen molar-refractivity contribution in [2.45, 2.75) is 12.3 Å². The maximum atomic E-state index is 12.9. The van der Waals surface area contributed by atoms with E-state index in [1.807, 2.05) is 36.4 Å². The van der Waals surface area contributed by atoms with Crippen LogP contribution in [-0.2, 0) is 16.0 Å². The number of hydrogen-bond donors (Lipinski definition) is 1. The Morgan fingerprint density at radius 1 is 1.04 bits per heavy atom. The van der Waals surface area contributed by atoms with Crippen LogP contribution in [0.2, 0.25) is 0 Å². The predicted molar refractivity (Wildman–Crippen MR) is 100 cm³/mol. The number of carboxylic acid groups (broad SMARTS) is 1. The second-order valence-corrected chi connectivity index (χ2v) is 6.59. The smallest absolute Gasteiger partial charge is 0.308 e. The summed E-state index contributed by atoms with van der Waals surface area (Å²) in [6.45, 7) is 0.603. The van der Waals surface area contributed by atoms with Crippen molar-refractivity contribution in [3.63, 3.8) is 0 Å². The lowest BCUT2D eigenvalue weighted by Gasteiger charge is -2.18. The molecule has 0 radical (unpaired) electrons. The van der Waals surface area contributed by atoms with Crippen molar-refractivity contribution in [3.8, 4) is 11.5 Å². The van der Waals surface area contributed by atoms with Crippen LogP contribution in [0.25, 0.3) is 0 Å². The van der Waals surface area contributed by atoms with Gasteiger partial charge in [-0.05, 0) is 11.6 Å². The van der Waals surface area contributed by atoms with E-state index in [4.69, 9.17) is 9.47 Å². The van der Waals surface area contributed by atoms with Crippen LogP contribution in [0.1, 0.15) is 17.0 Å². The number of carbonyl (C=O) groups is 2. The van der Waals surface area contributed by atoms with Crippen molar-refractivity contribution in [2.75, 3.05) is 27.3 Å². The van der Waals surface area contributed by atoms with Gasteiger partial charge in [-0.15, -0.1) is 0 Å². The van der Waals surface area contributed by atoms with E-state index in [-0.39, 0.29) is 24.8 Å².